The van der Waals surface area contributed by atoms with Gasteiger partial charge in [0.15, 0.2) is 0 Å². The fourth-order valence-corrected chi connectivity index (χ4v) is 2.57. The molecule has 2 rings (SSSR count). The molecule has 1 heterocycles. The standard InChI is InChI=1S/C15H24N2O2/c1-19-15-7-2-6-14(11-15)17-9-3-5-13(12-17)16-8-4-10-18/h2,6-7,11,13,16,18H,3-5,8-10,12H2,1H3. The highest BCUT2D eigenvalue weighted by atomic mass is 16.5. The van der Waals surface area contributed by atoms with E-state index in [1.54, 1.807) is 7.11 Å². The van der Waals surface area contributed by atoms with Crippen LogP contribution in [0.15, 0.2) is 24.3 Å². The van der Waals surface area contributed by atoms with Gasteiger partial charge in [-0.15, -0.1) is 0 Å². The summed E-state index contributed by atoms with van der Waals surface area (Å²) in [6.07, 6.45) is 3.25. The summed E-state index contributed by atoms with van der Waals surface area (Å²) in [4.78, 5) is 2.41. The Labute approximate surface area is 115 Å². The van der Waals surface area contributed by atoms with Crippen molar-refractivity contribution < 1.29 is 9.84 Å². The van der Waals surface area contributed by atoms with Crippen LogP contribution in [0.4, 0.5) is 5.69 Å². The molecular weight excluding hydrogens is 240 g/mol. The number of methoxy groups -OCH3 is 1. The molecule has 1 aliphatic rings. The van der Waals surface area contributed by atoms with Gasteiger partial charge in [-0.3, -0.25) is 0 Å². The van der Waals surface area contributed by atoms with Crippen LogP contribution in [0.5, 0.6) is 5.75 Å². The molecule has 19 heavy (non-hydrogen) atoms. The number of hydrogen-bond acceptors (Lipinski definition) is 4. The van der Waals surface area contributed by atoms with Crippen LogP contribution >= 0.6 is 0 Å². The van der Waals surface area contributed by atoms with E-state index in [0.29, 0.717) is 6.04 Å². The normalized spacial score (nSPS) is 19.5. The summed E-state index contributed by atoms with van der Waals surface area (Å²) in [5, 5.41) is 12.3. The third-order valence-electron chi connectivity index (χ3n) is 3.61. The van der Waals surface area contributed by atoms with E-state index in [9.17, 15) is 0 Å². The van der Waals surface area contributed by atoms with Gasteiger partial charge in [-0.1, -0.05) is 6.07 Å². The minimum absolute atomic E-state index is 0.263. The second-order valence-corrected chi connectivity index (χ2v) is 5.02. The molecule has 1 fully saturated rings. The number of benzene rings is 1. The van der Waals surface area contributed by atoms with Gasteiger partial charge in [0.05, 0.1) is 7.11 Å². The Kier molecular flexibility index (Phi) is 5.48. The van der Waals surface area contributed by atoms with E-state index < -0.39 is 0 Å². The maximum atomic E-state index is 8.82. The zero-order valence-electron chi connectivity index (χ0n) is 11.6. The van der Waals surface area contributed by atoms with Crippen molar-refractivity contribution in [1.82, 2.24) is 5.32 Å². The first kappa shape index (κ1) is 14.2. The van der Waals surface area contributed by atoms with Gasteiger partial charge in [0.1, 0.15) is 5.75 Å². The Morgan fingerprint density at radius 1 is 1.47 bits per heavy atom. The molecule has 0 saturated carbocycles. The third-order valence-corrected chi connectivity index (χ3v) is 3.61. The average molecular weight is 264 g/mol. The Balaban J connectivity index is 1.92. The molecule has 2 N–H and O–H groups in total. The molecule has 1 unspecified atom stereocenters. The minimum atomic E-state index is 0.263. The van der Waals surface area contributed by atoms with Crippen LogP contribution < -0.4 is 15.0 Å². The minimum Gasteiger partial charge on any atom is -0.497 e. The van der Waals surface area contributed by atoms with Crippen LogP contribution in [0.1, 0.15) is 19.3 Å². The molecule has 1 aromatic rings. The summed E-state index contributed by atoms with van der Waals surface area (Å²) in [6.45, 7) is 3.29. The quantitative estimate of drug-likeness (QED) is 0.767. The number of nitrogens with zero attached hydrogens (tertiary/aromatic N) is 1. The lowest BCUT2D eigenvalue weighted by Crippen LogP contribution is -2.46. The summed E-state index contributed by atoms with van der Waals surface area (Å²) in [5.41, 5.74) is 1.23. The fraction of sp³-hybridized carbons (Fsp3) is 0.600. The van der Waals surface area contributed by atoms with Crippen LogP contribution in [0.2, 0.25) is 0 Å². The molecule has 0 bridgehead atoms. The van der Waals surface area contributed by atoms with Crippen molar-refractivity contribution in [3.63, 3.8) is 0 Å². The number of piperidine rings is 1. The highest BCUT2D eigenvalue weighted by molar-refractivity contribution is 5.51. The van der Waals surface area contributed by atoms with Gasteiger partial charge in [-0.05, 0) is 37.9 Å². The van der Waals surface area contributed by atoms with E-state index in [0.717, 1.165) is 31.8 Å². The Morgan fingerprint density at radius 2 is 2.37 bits per heavy atom. The lowest BCUT2D eigenvalue weighted by Gasteiger charge is -2.35. The molecule has 0 spiro atoms. The molecule has 0 radical (unpaired) electrons. The molecule has 1 saturated heterocycles. The second kappa shape index (κ2) is 7.36. The predicted molar refractivity (Wildman–Crippen MR) is 77.9 cm³/mol. The number of hydrogen-bond donors (Lipinski definition) is 2. The summed E-state index contributed by atoms with van der Waals surface area (Å²) >= 11 is 0. The van der Waals surface area contributed by atoms with E-state index in [4.69, 9.17) is 9.84 Å². The van der Waals surface area contributed by atoms with Crippen molar-refractivity contribution in [1.29, 1.82) is 0 Å². The molecule has 0 aliphatic carbocycles. The Hall–Kier alpha value is -1.26. The first-order valence-corrected chi connectivity index (χ1v) is 7.06. The molecule has 1 aromatic carbocycles. The molecule has 106 valence electrons. The molecular formula is C15H24N2O2. The van der Waals surface area contributed by atoms with Crippen LogP contribution in [-0.2, 0) is 0 Å². The summed E-state index contributed by atoms with van der Waals surface area (Å²) in [6, 6.07) is 8.77. The maximum Gasteiger partial charge on any atom is 0.120 e. The molecule has 0 amide bonds. The van der Waals surface area contributed by atoms with Gasteiger partial charge >= 0.3 is 0 Å². The van der Waals surface area contributed by atoms with Crippen molar-refractivity contribution in [2.24, 2.45) is 0 Å². The van der Waals surface area contributed by atoms with Crippen molar-refractivity contribution in [2.75, 3.05) is 38.3 Å². The SMILES string of the molecule is COc1cccc(N2CCCC(NCCCO)C2)c1. The first-order chi connectivity index (χ1) is 9.33. The molecule has 4 nitrogen and oxygen atoms in total. The van der Waals surface area contributed by atoms with Crippen LogP contribution in [0.25, 0.3) is 0 Å². The van der Waals surface area contributed by atoms with E-state index in [1.165, 1.54) is 18.5 Å². The Bertz CT molecular complexity index is 384. The average Bonchev–Trinajstić information content (AvgIpc) is 2.48. The van der Waals surface area contributed by atoms with Crippen LogP contribution in [0, 0.1) is 0 Å². The van der Waals surface area contributed by atoms with Gasteiger partial charge < -0.3 is 20.1 Å². The van der Waals surface area contributed by atoms with E-state index in [2.05, 4.69) is 22.3 Å². The molecule has 1 aliphatic heterocycles. The second-order valence-electron chi connectivity index (χ2n) is 5.02. The van der Waals surface area contributed by atoms with Crippen LogP contribution in [0.3, 0.4) is 0 Å². The molecule has 4 heteroatoms. The third kappa shape index (κ3) is 4.11. The monoisotopic (exact) mass is 264 g/mol. The number of nitrogens with one attached hydrogen (secondary N) is 1. The summed E-state index contributed by atoms with van der Waals surface area (Å²) in [5.74, 6) is 0.910. The van der Waals surface area contributed by atoms with E-state index in [-0.39, 0.29) is 6.61 Å². The van der Waals surface area contributed by atoms with Crippen molar-refractivity contribution >= 4 is 5.69 Å². The largest absolute Gasteiger partial charge is 0.497 e. The van der Waals surface area contributed by atoms with Gasteiger partial charge in [0.2, 0.25) is 0 Å². The van der Waals surface area contributed by atoms with Crippen molar-refractivity contribution in [3.05, 3.63) is 24.3 Å². The van der Waals surface area contributed by atoms with E-state index >= 15 is 0 Å². The maximum absolute atomic E-state index is 8.82. The van der Waals surface area contributed by atoms with Gasteiger partial charge in [-0.2, -0.15) is 0 Å². The first-order valence-electron chi connectivity index (χ1n) is 7.06. The van der Waals surface area contributed by atoms with Crippen molar-refractivity contribution in [2.45, 2.75) is 25.3 Å². The van der Waals surface area contributed by atoms with Gasteiger partial charge in [0.25, 0.3) is 0 Å². The number of aliphatic hydroxyl groups is 1. The lowest BCUT2D eigenvalue weighted by molar-refractivity contribution is 0.280. The summed E-state index contributed by atoms with van der Waals surface area (Å²) < 4.78 is 5.28. The number of anilines is 1. The zero-order valence-corrected chi connectivity index (χ0v) is 11.6. The predicted octanol–water partition coefficient (Wildman–Crippen LogP) is 1.64. The molecule has 0 aromatic heterocycles. The lowest BCUT2D eigenvalue weighted by atomic mass is 10.0. The number of aliphatic hydroxyl groups excluding tert-OH is 1. The van der Waals surface area contributed by atoms with E-state index in [1.807, 2.05) is 12.1 Å². The highest BCUT2D eigenvalue weighted by Crippen LogP contribution is 2.24. The highest BCUT2D eigenvalue weighted by Gasteiger charge is 2.19. The van der Waals surface area contributed by atoms with Crippen LogP contribution in [-0.4, -0.2) is 44.5 Å². The number of ether oxygens (including phenoxy) is 1. The summed E-state index contributed by atoms with van der Waals surface area (Å²) in [7, 11) is 1.70. The zero-order chi connectivity index (χ0) is 13.5. The molecule has 1 atom stereocenters. The van der Waals surface area contributed by atoms with Gasteiger partial charge in [0, 0.05) is 37.5 Å². The van der Waals surface area contributed by atoms with Gasteiger partial charge in [-0.25, -0.2) is 0 Å². The smallest absolute Gasteiger partial charge is 0.120 e. The fourth-order valence-electron chi connectivity index (χ4n) is 2.57. The Morgan fingerprint density at radius 3 is 3.16 bits per heavy atom. The van der Waals surface area contributed by atoms with Crippen molar-refractivity contribution in [3.8, 4) is 5.75 Å². The topological polar surface area (TPSA) is 44.7 Å². The number of rotatable bonds is 6.